The highest BCUT2D eigenvalue weighted by molar-refractivity contribution is 5.96. The average molecular weight is 264 g/mol. The highest BCUT2D eigenvalue weighted by atomic mass is 16.5. The van der Waals surface area contributed by atoms with Gasteiger partial charge in [0.05, 0.1) is 13.2 Å². The van der Waals surface area contributed by atoms with Crippen molar-refractivity contribution in [1.29, 1.82) is 0 Å². The summed E-state index contributed by atoms with van der Waals surface area (Å²) in [6.45, 7) is 2.68. The van der Waals surface area contributed by atoms with E-state index >= 15 is 0 Å². The number of ether oxygens (including phenoxy) is 1. The molecule has 1 aliphatic heterocycles. The minimum atomic E-state index is -0.821. The third kappa shape index (κ3) is 3.52. The van der Waals surface area contributed by atoms with Crippen LogP contribution in [0.3, 0.4) is 0 Å². The maximum absolute atomic E-state index is 12.2. The number of amides is 3. The van der Waals surface area contributed by atoms with Crippen molar-refractivity contribution in [2.75, 3.05) is 26.3 Å². The van der Waals surface area contributed by atoms with Crippen LogP contribution in [0.1, 0.15) is 11.6 Å². The summed E-state index contributed by atoms with van der Waals surface area (Å²) < 4.78 is 5.30. The fraction of sp³-hybridized carbons (Fsp3) is 0.385. The van der Waals surface area contributed by atoms with Crippen molar-refractivity contribution in [3.8, 4) is 0 Å². The molecule has 2 rings (SSSR count). The van der Waals surface area contributed by atoms with Crippen LogP contribution in [0.25, 0.3) is 0 Å². The van der Waals surface area contributed by atoms with E-state index in [1.807, 2.05) is 30.3 Å². The van der Waals surface area contributed by atoms with Gasteiger partial charge in [0.25, 0.3) is 5.91 Å². The number of morpholine rings is 1. The Balaban J connectivity index is 2.22. The Labute approximate surface area is 111 Å². The van der Waals surface area contributed by atoms with E-state index in [0.29, 0.717) is 13.2 Å². The van der Waals surface area contributed by atoms with E-state index in [1.165, 1.54) is 0 Å². The van der Waals surface area contributed by atoms with Gasteiger partial charge < -0.3 is 15.4 Å². The van der Waals surface area contributed by atoms with Crippen molar-refractivity contribution in [3.05, 3.63) is 35.9 Å². The molecule has 1 fully saturated rings. The van der Waals surface area contributed by atoms with Crippen molar-refractivity contribution in [3.63, 3.8) is 0 Å². The molecular weight excluding hydrogens is 246 g/mol. The largest absolute Gasteiger partial charge is 0.370 e. The predicted octanol–water partition coefficient (Wildman–Crippen LogP) is -1.16. The molecule has 19 heavy (non-hydrogen) atoms. The van der Waals surface area contributed by atoms with Gasteiger partial charge in [-0.2, -0.15) is 0 Å². The molecule has 1 atom stereocenters. The van der Waals surface area contributed by atoms with Crippen molar-refractivity contribution in [1.82, 2.24) is 5.32 Å². The molecule has 0 unspecified atom stereocenters. The number of hydrogen-bond acceptors (Lipinski definition) is 3. The third-order valence-electron chi connectivity index (χ3n) is 3.18. The molecule has 6 heteroatoms. The molecule has 0 radical (unpaired) electrons. The van der Waals surface area contributed by atoms with Gasteiger partial charge in [-0.05, 0) is 0 Å². The van der Waals surface area contributed by atoms with E-state index in [0.717, 1.165) is 23.6 Å². The fourth-order valence-corrected chi connectivity index (χ4v) is 2.33. The lowest BCUT2D eigenvalue weighted by Gasteiger charge is -2.30. The van der Waals surface area contributed by atoms with E-state index in [-0.39, 0.29) is 5.91 Å². The minimum Gasteiger partial charge on any atom is -0.370 e. The number of carbonyl (C=O) groups excluding carboxylic acids is 2. The first kappa shape index (κ1) is 13.5. The van der Waals surface area contributed by atoms with Gasteiger partial charge in [0, 0.05) is 5.56 Å². The van der Waals surface area contributed by atoms with Crippen LogP contribution in [0.2, 0.25) is 0 Å². The lowest BCUT2D eigenvalue weighted by Crippen LogP contribution is -3.15. The Kier molecular flexibility index (Phi) is 4.48. The highest BCUT2D eigenvalue weighted by Gasteiger charge is 2.33. The van der Waals surface area contributed by atoms with E-state index in [9.17, 15) is 9.59 Å². The Morgan fingerprint density at radius 2 is 1.84 bits per heavy atom. The number of hydrogen-bond donors (Lipinski definition) is 3. The highest BCUT2D eigenvalue weighted by Crippen LogP contribution is 2.09. The lowest BCUT2D eigenvalue weighted by molar-refractivity contribution is -0.929. The van der Waals surface area contributed by atoms with E-state index in [2.05, 4.69) is 5.32 Å². The predicted molar refractivity (Wildman–Crippen MR) is 68.4 cm³/mol. The molecule has 0 aromatic heterocycles. The Bertz CT molecular complexity index is 444. The number of primary amides is 1. The van der Waals surface area contributed by atoms with Gasteiger partial charge in [-0.15, -0.1) is 0 Å². The molecule has 3 amide bonds. The smallest absolute Gasteiger partial charge is 0.319 e. The summed E-state index contributed by atoms with van der Waals surface area (Å²) in [6.07, 6.45) is 0. The van der Waals surface area contributed by atoms with Crippen LogP contribution in [0.15, 0.2) is 30.3 Å². The molecule has 6 nitrogen and oxygen atoms in total. The van der Waals surface area contributed by atoms with Gasteiger partial charge in [0.2, 0.25) is 0 Å². The standard InChI is InChI=1S/C13H17N3O3/c14-13(18)15-12(17)11(10-4-2-1-3-5-10)16-6-8-19-9-7-16/h1-5,11H,6-9H2,(H3,14,15,17,18)/p+1/t11-/m1/s1. The SMILES string of the molecule is NC(=O)NC(=O)[C@@H](c1ccccc1)[NH+]1CCOCC1. The van der Waals surface area contributed by atoms with Crippen LogP contribution < -0.4 is 16.0 Å². The van der Waals surface area contributed by atoms with E-state index < -0.39 is 12.1 Å². The van der Waals surface area contributed by atoms with Crippen molar-refractivity contribution in [2.24, 2.45) is 5.73 Å². The van der Waals surface area contributed by atoms with Crippen molar-refractivity contribution in [2.45, 2.75) is 6.04 Å². The number of nitrogens with two attached hydrogens (primary N) is 1. The number of nitrogens with one attached hydrogen (secondary N) is 2. The summed E-state index contributed by atoms with van der Waals surface area (Å²) in [5.74, 6) is -0.365. The Hall–Kier alpha value is -1.92. The third-order valence-corrected chi connectivity index (χ3v) is 3.18. The quantitative estimate of drug-likeness (QED) is 0.643. The lowest BCUT2D eigenvalue weighted by atomic mass is 10.0. The van der Waals surface area contributed by atoms with E-state index in [4.69, 9.17) is 10.5 Å². The number of imide groups is 1. The molecule has 0 spiro atoms. The summed E-state index contributed by atoms with van der Waals surface area (Å²) >= 11 is 0. The maximum atomic E-state index is 12.2. The first-order chi connectivity index (χ1) is 9.18. The summed E-state index contributed by atoms with van der Waals surface area (Å²) in [7, 11) is 0. The second-order valence-corrected chi connectivity index (χ2v) is 4.47. The van der Waals surface area contributed by atoms with Gasteiger partial charge in [-0.3, -0.25) is 10.1 Å². The summed E-state index contributed by atoms with van der Waals surface area (Å²) in [5, 5.41) is 2.18. The van der Waals surface area contributed by atoms with Gasteiger partial charge >= 0.3 is 6.03 Å². The number of rotatable bonds is 3. The van der Waals surface area contributed by atoms with Crippen LogP contribution in [-0.2, 0) is 9.53 Å². The van der Waals surface area contributed by atoms with Crippen LogP contribution in [-0.4, -0.2) is 38.2 Å². The van der Waals surface area contributed by atoms with Crippen LogP contribution in [0.4, 0.5) is 4.79 Å². The van der Waals surface area contributed by atoms with Crippen molar-refractivity contribution < 1.29 is 19.2 Å². The van der Waals surface area contributed by atoms with Crippen LogP contribution in [0, 0.1) is 0 Å². The molecule has 1 heterocycles. The number of carbonyl (C=O) groups is 2. The van der Waals surface area contributed by atoms with Crippen molar-refractivity contribution >= 4 is 11.9 Å². The summed E-state index contributed by atoms with van der Waals surface area (Å²) in [6, 6.07) is 8.15. The molecule has 1 aromatic rings. The monoisotopic (exact) mass is 264 g/mol. The second kappa shape index (κ2) is 6.31. The molecule has 1 saturated heterocycles. The molecule has 1 aliphatic rings. The first-order valence-corrected chi connectivity index (χ1v) is 6.26. The zero-order valence-corrected chi connectivity index (χ0v) is 10.6. The normalized spacial score (nSPS) is 17.7. The molecule has 1 aromatic carbocycles. The molecule has 0 aliphatic carbocycles. The first-order valence-electron chi connectivity index (χ1n) is 6.26. The second-order valence-electron chi connectivity index (χ2n) is 4.47. The number of quaternary nitrogens is 1. The maximum Gasteiger partial charge on any atom is 0.319 e. The minimum absolute atomic E-state index is 0.365. The van der Waals surface area contributed by atoms with Gasteiger partial charge in [0.1, 0.15) is 13.1 Å². The number of urea groups is 1. The number of benzene rings is 1. The van der Waals surface area contributed by atoms with Gasteiger partial charge in [0.15, 0.2) is 6.04 Å². The zero-order valence-electron chi connectivity index (χ0n) is 10.6. The average Bonchev–Trinajstić information content (AvgIpc) is 2.40. The van der Waals surface area contributed by atoms with Crippen LogP contribution >= 0.6 is 0 Å². The topological polar surface area (TPSA) is 85.9 Å². The molecule has 0 bridgehead atoms. The molecular formula is C13H18N3O3+. The summed E-state index contributed by atoms with van der Waals surface area (Å²) in [4.78, 5) is 24.1. The van der Waals surface area contributed by atoms with Crippen LogP contribution in [0.5, 0.6) is 0 Å². The zero-order chi connectivity index (χ0) is 13.7. The van der Waals surface area contributed by atoms with Gasteiger partial charge in [-0.25, -0.2) is 4.79 Å². The summed E-state index contributed by atoms with van der Waals surface area (Å²) in [5.41, 5.74) is 5.91. The Morgan fingerprint density at radius 1 is 1.21 bits per heavy atom. The molecule has 102 valence electrons. The fourth-order valence-electron chi connectivity index (χ4n) is 2.33. The molecule has 4 N–H and O–H groups in total. The Morgan fingerprint density at radius 3 is 2.42 bits per heavy atom. The molecule has 0 saturated carbocycles. The van der Waals surface area contributed by atoms with E-state index in [1.54, 1.807) is 0 Å². The van der Waals surface area contributed by atoms with Gasteiger partial charge in [-0.1, -0.05) is 30.3 Å².